The molecule has 22 heavy (non-hydrogen) atoms. The van der Waals surface area contributed by atoms with Crippen LogP contribution >= 0.6 is 24.4 Å². The number of hydrogen-bond donors (Lipinski definition) is 1. The molecule has 0 bridgehead atoms. The molecule has 0 atom stereocenters. The Kier molecular flexibility index (Phi) is 8.92. The van der Waals surface area contributed by atoms with E-state index in [2.05, 4.69) is 11.6 Å². The summed E-state index contributed by atoms with van der Waals surface area (Å²) >= 11 is 10.2. The molecule has 0 saturated carbocycles. The number of H-pyrrole nitrogens is 1. The Morgan fingerprint density at radius 3 is 2.50 bits per heavy atom. The second-order valence-electron chi connectivity index (χ2n) is 5.34. The van der Waals surface area contributed by atoms with Crippen LogP contribution in [0.25, 0.3) is 0 Å². The average molecular weight is 341 g/mol. The Bertz CT molecular complexity index is 605. The van der Waals surface area contributed by atoms with Gasteiger partial charge in [0.05, 0.1) is 6.61 Å². The minimum absolute atomic E-state index is 0.293. The highest BCUT2D eigenvalue weighted by Gasteiger charge is 2.01. The van der Waals surface area contributed by atoms with Crippen molar-refractivity contribution in [3.05, 3.63) is 33.8 Å². The summed E-state index contributed by atoms with van der Waals surface area (Å²) in [5.41, 5.74) is 0.458. The number of rotatable bonds is 10. The Balaban J connectivity index is 2.02. The van der Waals surface area contributed by atoms with Crippen LogP contribution in [0.4, 0.5) is 0 Å². The predicted octanol–water partition coefficient (Wildman–Crippen LogP) is 4.74. The van der Waals surface area contributed by atoms with Gasteiger partial charge in [0.15, 0.2) is 4.77 Å². The summed E-state index contributed by atoms with van der Waals surface area (Å²) in [7, 11) is 0. The van der Waals surface area contributed by atoms with E-state index < -0.39 is 0 Å². The second-order valence-corrected chi connectivity index (χ2v) is 6.17. The molecule has 0 fully saturated rings. The lowest BCUT2D eigenvalue weighted by Gasteiger charge is -2.06. The first-order valence-corrected chi connectivity index (χ1v) is 8.45. The van der Waals surface area contributed by atoms with Crippen molar-refractivity contribution in [2.24, 2.45) is 0 Å². The zero-order valence-corrected chi connectivity index (χ0v) is 14.7. The van der Waals surface area contributed by atoms with E-state index in [1.54, 1.807) is 6.92 Å². The van der Waals surface area contributed by atoms with E-state index in [4.69, 9.17) is 29.2 Å². The van der Waals surface area contributed by atoms with Crippen molar-refractivity contribution in [2.75, 3.05) is 6.61 Å². The second kappa shape index (κ2) is 10.5. The lowest BCUT2D eigenvalue weighted by Crippen LogP contribution is -2.06. The first kappa shape index (κ1) is 18.8. The molecule has 1 N–H and O–H groups in total. The van der Waals surface area contributed by atoms with E-state index in [-0.39, 0.29) is 5.97 Å². The zero-order valence-electron chi connectivity index (χ0n) is 13.1. The van der Waals surface area contributed by atoms with Gasteiger partial charge in [-0.3, -0.25) is 0 Å². The molecule has 0 radical (unpaired) electrons. The summed E-state index contributed by atoms with van der Waals surface area (Å²) in [6, 6.07) is 1.86. The molecule has 0 aromatic carbocycles. The quantitative estimate of drug-likeness (QED) is 0.289. The highest BCUT2D eigenvalue weighted by molar-refractivity contribution is 7.72. The Hall–Kier alpha value is -1.27. The van der Waals surface area contributed by atoms with Crippen LogP contribution in [0.15, 0.2) is 24.4 Å². The van der Waals surface area contributed by atoms with Gasteiger partial charge in [0.25, 0.3) is 0 Å². The standard InChI is InChI=1S/C16H24N2O2S2/c1-13(2)15(19)20-12-8-6-4-3-5-7-10-18-11-9-14(21)17-16(18)22/h9,11H,1,3-8,10,12H2,2H3,(H,17,21,22). The van der Waals surface area contributed by atoms with Crippen molar-refractivity contribution in [1.29, 1.82) is 0 Å². The van der Waals surface area contributed by atoms with Crippen LogP contribution in [0.5, 0.6) is 0 Å². The number of esters is 1. The molecule has 0 unspecified atom stereocenters. The molecule has 6 heteroatoms. The minimum atomic E-state index is -0.293. The summed E-state index contributed by atoms with van der Waals surface area (Å²) in [4.78, 5) is 14.1. The molecular weight excluding hydrogens is 316 g/mol. The van der Waals surface area contributed by atoms with Gasteiger partial charge in [-0.15, -0.1) is 0 Å². The Labute approximate surface area is 142 Å². The zero-order chi connectivity index (χ0) is 16.4. The summed E-state index contributed by atoms with van der Waals surface area (Å²) in [5.74, 6) is -0.293. The summed E-state index contributed by atoms with van der Waals surface area (Å²) < 4.78 is 8.42. The fourth-order valence-electron chi connectivity index (χ4n) is 2.00. The van der Waals surface area contributed by atoms with Gasteiger partial charge in [-0.2, -0.15) is 0 Å². The molecule has 1 rings (SSSR count). The number of unbranched alkanes of at least 4 members (excludes halogenated alkanes) is 5. The smallest absolute Gasteiger partial charge is 0.333 e. The molecule has 0 amide bonds. The molecule has 1 heterocycles. The largest absolute Gasteiger partial charge is 0.462 e. The maximum atomic E-state index is 11.2. The Morgan fingerprint density at radius 2 is 1.86 bits per heavy atom. The molecule has 1 aromatic rings. The van der Waals surface area contributed by atoms with Gasteiger partial charge < -0.3 is 14.3 Å². The molecule has 4 nitrogen and oxygen atoms in total. The molecule has 1 aromatic heterocycles. The topological polar surface area (TPSA) is 47.0 Å². The van der Waals surface area contributed by atoms with Crippen molar-refractivity contribution >= 4 is 30.4 Å². The maximum absolute atomic E-state index is 11.2. The van der Waals surface area contributed by atoms with Crippen molar-refractivity contribution in [3.63, 3.8) is 0 Å². The summed E-state index contributed by atoms with van der Waals surface area (Å²) in [6.07, 6.45) is 8.56. The summed E-state index contributed by atoms with van der Waals surface area (Å²) in [6.45, 7) is 6.62. The third-order valence-electron chi connectivity index (χ3n) is 3.27. The molecular formula is C16H24N2O2S2. The number of hydrogen-bond acceptors (Lipinski definition) is 4. The number of aryl methyl sites for hydroxylation is 1. The molecule has 122 valence electrons. The number of aromatic amines is 1. The van der Waals surface area contributed by atoms with Crippen molar-refractivity contribution in [1.82, 2.24) is 9.55 Å². The third kappa shape index (κ3) is 7.66. The number of nitrogens with zero attached hydrogens (tertiary/aromatic N) is 1. The number of carbonyl (C=O) groups is 1. The summed E-state index contributed by atoms with van der Waals surface area (Å²) in [5, 5.41) is 0. The van der Waals surface area contributed by atoms with Gasteiger partial charge >= 0.3 is 5.97 Å². The van der Waals surface area contributed by atoms with E-state index >= 15 is 0 Å². The van der Waals surface area contributed by atoms with E-state index in [1.807, 2.05) is 16.8 Å². The fraction of sp³-hybridized carbons (Fsp3) is 0.562. The number of aromatic nitrogens is 2. The third-order valence-corrected chi connectivity index (χ3v) is 3.85. The SMILES string of the molecule is C=C(C)C(=O)OCCCCCCCCn1ccc(=S)[nH]c1=S. The first-order chi connectivity index (χ1) is 10.5. The minimum Gasteiger partial charge on any atom is -0.462 e. The molecule has 0 aliphatic rings. The van der Waals surface area contributed by atoms with E-state index in [0.29, 0.717) is 21.6 Å². The average Bonchev–Trinajstić information content (AvgIpc) is 2.47. The van der Waals surface area contributed by atoms with Gasteiger partial charge in [0.2, 0.25) is 0 Å². The first-order valence-electron chi connectivity index (χ1n) is 7.63. The highest BCUT2D eigenvalue weighted by Crippen LogP contribution is 2.07. The monoisotopic (exact) mass is 340 g/mol. The van der Waals surface area contributed by atoms with Crippen molar-refractivity contribution in [3.8, 4) is 0 Å². The normalized spacial score (nSPS) is 10.4. The lowest BCUT2D eigenvalue weighted by atomic mass is 10.1. The number of carbonyl (C=O) groups excluding carboxylic acids is 1. The van der Waals surface area contributed by atoms with Gasteiger partial charge in [0.1, 0.15) is 4.64 Å². The van der Waals surface area contributed by atoms with E-state index in [1.165, 1.54) is 12.8 Å². The van der Waals surface area contributed by atoms with Crippen LogP contribution in [0, 0.1) is 9.41 Å². The van der Waals surface area contributed by atoms with Gasteiger partial charge in [0, 0.05) is 18.3 Å². The maximum Gasteiger partial charge on any atom is 0.333 e. The fourth-order valence-corrected chi connectivity index (χ4v) is 2.48. The van der Waals surface area contributed by atoms with Crippen LogP contribution in [-0.2, 0) is 16.1 Å². The molecule has 0 aliphatic carbocycles. The molecule has 0 aliphatic heterocycles. The Morgan fingerprint density at radius 1 is 1.23 bits per heavy atom. The van der Waals surface area contributed by atoms with Crippen LogP contribution in [0.2, 0.25) is 0 Å². The van der Waals surface area contributed by atoms with Gasteiger partial charge in [-0.1, -0.05) is 44.5 Å². The predicted molar refractivity (Wildman–Crippen MR) is 93.9 cm³/mol. The van der Waals surface area contributed by atoms with E-state index in [0.717, 1.165) is 32.2 Å². The molecule has 0 spiro atoms. The van der Waals surface area contributed by atoms with Crippen LogP contribution in [-0.4, -0.2) is 22.1 Å². The number of nitrogens with one attached hydrogen (secondary N) is 1. The number of ether oxygens (including phenoxy) is 1. The lowest BCUT2D eigenvalue weighted by molar-refractivity contribution is -0.139. The van der Waals surface area contributed by atoms with Gasteiger partial charge in [-0.25, -0.2) is 4.79 Å². The van der Waals surface area contributed by atoms with Crippen molar-refractivity contribution in [2.45, 2.75) is 52.0 Å². The van der Waals surface area contributed by atoms with Crippen molar-refractivity contribution < 1.29 is 9.53 Å². The highest BCUT2D eigenvalue weighted by atomic mass is 32.1. The van der Waals surface area contributed by atoms with E-state index in [9.17, 15) is 4.79 Å². The van der Waals surface area contributed by atoms with Crippen LogP contribution in [0.1, 0.15) is 45.4 Å². The van der Waals surface area contributed by atoms with Crippen LogP contribution in [0.3, 0.4) is 0 Å². The van der Waals surface area contributed by atoms with Gasteiger partial charge in [-0.05, 0) is 38.0 Å². The van der Waals surface area contributed by atoms with Crippen LogP contribution < -0.4 is 0 Å². The molecule has 0 saturated heterocycles.